The maximum atomic E-state index is 12.4. The minimum absolute atomic E-state index is 0.209. The molecule has 5 heteroatoms. The van der Waals surface area contributed by atoms with Gasteiger partial charge in [-0.2, -0.15) is 13.2 Å². The monoisotopic (exact) mass is 247 g/mol. The summed E-state index contributed by atoms with van der Waals surface area (Å²) in [5.74, 6) is -1.74. The molecule has 0 spiro atoms. The molecular formula is C12H16F3NO. The SMILES string of the molecule is CCCN1CC=CC(C(=O)C(F)(F)F)=C1CC. The van der Waals surface area contributed by atoms with Gasteiger partial charge in [0.15, 0.2) is 0 Å². The van der Waals surface area contributed by atoms with Gasteiger partial charge in [0.25, 0.3) is 5.78 Å². The summed E-state index contributed by atoms with van der Waals surface area (Å²) in [4.78, 5) is 13.1. The molecule has 0 amide bonds. The molecule has 0 fully saturated rings. The molecule has 0 aliphatic carbocycles. The van der Waals surface area contributed by atoms with Gasteiger partial charge in [0.1, 0.15) is 0 Å². The average molecular weight is 247 g/mol. The maximum Gasteiger partial charge on any atom is 0.454 e. The number of carbonyl (C=O) groups is 1. The van der Waals surface area contributed by atoms with Crippen LogP contribution in [-0.2, 0) is 4.79 Å². The van der Waals surface area contributed by atoms with Crippen LogP contribution in [0.4, 0.5) is 13.2 Å². The Morgan fingerprint density at radius 1 is 1.41 bits per heavy atom. The molecule has 1 aliphatic rings. The zero-order valence-electron chi connectivity index (χ0n) is 9.97. The van der Waals surface area contributed by atoms with Crippen LogP contribution in [0, 0.1) is 0 Å². The molecule has 0 aromatic carbocycles. The lowest BCUT2D eigenvalue weighted by molar-refractivity contribution is -0.166. The van der Waals surface area contributed by atoms with Crippen LogP contribution in [0.15, 0.2) is 23.4 Å². The Balaban J connectivity index is 3.08. The van der Waals surface area contributed by atoms with Crippen molar-refractivity contribution in [1.82, 2.24) is 4.90 Å². The summed E-state index contributed by atoms with van der Waals surface area (Å²) in [6.45, 7) is 4.96. The summed E-state index contributed by atoms with van der Waals surface area (Å²) in [5, 5.41) is 0. The molecule has 0 aromatic heterocycles. The van der Waals surface area contributed by atoms with E-state index in [2.05, 4.69) is 0 Å². The molecule has 0 saturated carbocycles. The van der Waals surface area contributed by atoms with Crippen molar-refractivity contribution in [2.45, 2.75) is 32.9 Å². The molecule has 0 unspecified atom stereocenters. The van der Waals surface area contributed by atoms with Crippen molar-refractivity contribution in [2.24, 2.45) is 0 Å². The van der Waals surface area contributed by atoms with Gasteiger partial charge in [-0.15, -0.1) is 0 Å². The van der Waals surface area contributed by atoms with Gasteiger partial charge in [-0.3, -0.25) is 4.79 Å². The number of hydrogen-bond donors (Lipinski definition) is 0. The fourth-order valence-electron chi connectivity index (χ4n) is 1.94. The standard InChI is InChI=1S/C12H16F3NO/c1-3-7-16-8-5-6-9(10(16)4-2)11(17)12(13,14)15/h5-6H,3-4,7-8H2,1-2H3. The predicted octanol–water partition coefficient (Wildman–Crippen LogP) is 3.06. The number of allylic oxidation sites excluding steroid dienone is 3. The second-order valence-corrected chi connectivity index (χ2v) is 3.89. The van der Waals surface area contributed by atoms with E-state index in [1.165, 1.54) is 6.08 Å². The van der Waals surface area contributed by atoms with Crippen molar-refractivity contribution in [1.29, 1.82) is 0 Å². The summed E-state index contributed by atoms with van der Waals surface area (Å²) >= 11 is 0. The smallest absolute Gasteiger partial charge is 0.371 e. The number of rotatable bonds is 4. The molecule has 1 heterocycles. The third-order valence-electron chi connectivity index (χ3n) is 2.63. The van der Waals surface area contributed by atoms with Gasteiger partial charge < -0.3 is 4.90 Å². The van der Waals surface area contributed by atoms with E-state index < -0.39 is 12.0 Å². The quantitative estimate of drug-likeness (QED) is 0.761. The highest BCUT2D eigenvalue weighted by Crippen LogP contribution is 2.28. The lowest BCUT2D eigenvalue weighted by Crippen LogP contribution is -2.33. The Kier molecular flexibility index (Phi) is 4.37. The number of hydrogen-bond acceptors (Lipinski definition) is 2. The lowest BCUT2D eigenvalue weighted by atomic mass is 10.0. The van der Waals surface area contributed by atoms with Crippen LogP contribution in [0.2, 0.25) is 0 Å². The first-order valence-electron chi connectivity index (χ1n) is 5.68. The van der Waals surface area contributed by atoms with E-state index in [1.54, 1.807) is 13.0 Å². The van der Waals surface area contributed by atoms with Crippen LogP contribution in [0.1, 0.15) is 26.7 Å². The van der Waals surface area contributed by atoms with Crippen LogP contribution >= 0.6 is 0 Å². The third kappa shape index (κ3) is 3.11. The first kappa shape index (κ1) is 13.8. The van der Waals surface area contributed by atoms with E-state index in [0.29, 0.717) is 25.2 Å². The highest BCUT2D eigenvalue weighted by Gasteiger charge is 2.41. The molecule has 0 N–H and O–H groups in total. The van der Waals surface area contributed by atoms with Gasteiger partial charge in [-0.25, -0.2) is 0 Å². The van der Waals surface area contributed by atoms with Crippen molar-refractivity contribution in [3.05, 3.63) is 23.4 Å². The van der Waals surface area contributed by atoms with Crippen LogP contribution in [-0.4, -0.2) is 29.9 Å². The molecule has 0 saturated heterocycles. The average Bonchev–Trinajstić information content (AvgIpc) is 2.27. The van der Waals surface area contributed by atoms with Gasteiger partial charge in [0.05, 0.1) is 0 Å². The molecule has 0 bridgehead atoms. The number of ketones is 1. The largest absolute Gasteiger partial charge is 0.454 e. The van der Waals surface area contributed by atoms with Crippen molar-refractivity contribution in [2.75, 3.05) is 13.1 Å². The fraction of sp³-hybridized carbons (Fsp3) is 0.583. The van der Waals surface area contributed by atoms with Crippen molar-refractivity contribution >= 4 is 5.78 Å². The molecule has 0 radical (unpaired) electrons. The van der Waals surface area contributed by atoms with Gasteiger partial charge in [-0.1, -0.05) is 26.0 Å². The summed E-state index contributed by atoms with van der Waals surface area (Å²) in [6, 6.07) is 0. The fourth-order valence-corrected chi connectivity index (χ4v) is 1.94. The van der Waals surface area contributed by atoms with Crippen molar-refractivity contribution in [3.8, 4) is 0 Å². The van der Waals surface area contributed by atoms with Crippen LogP contribution < -0.4 is 0 Å². The molecule has 0 aromatic rings. The molecule has 1 rings (SSSR count). The van der Waals surface area contributed by atoms with Crippen molar-refractivity contribution in [3.63, 3.8) is 0 Å². The van der Waals surface area contributed by atoms with E-state index >= 15 is 0 Å². The highest BCUT2D eigenvalue weighted by molar-refractivity contribution is 6.02. The zero-order valence-corrected chi connectivity index (χ0v) is 9.97. The molecule has 17 heavy (non-hydrogen) atoms. The second-order valence-electron chi connectivity index (χ2n) is 3.89. The Labute approximate surface area is 98.8 Å². The van der Waals surface area contributed by atoms with Crippen LogP contribution in [0.25, 0.3) is 0 Å². The van der Waals surface area contributed by atoms with E-state index in [-0.39, 0.29) is 5.57 Å². The topological polar surface area (TPSA) is 20.3 Å². The number of halogens is 3. The first-order chi connectivity index (χ1) is 7.91. The zero-order chi connectivity index (χ0) is 13.1. The Morgan fingerprint density at radius 3 is 2.53 bits per heavy atom. The molecule has 96 valence electrons. The minimum atomic E-state index is -4.80. The maximum absolute atomic E-state index is 12.4. The summed E-state index contributed by atoms with van der Waals surface area (Å²) in [7, 11) is 0. The predicted molar refractivity (Wildman–Crippen MR) is 59.4 cm³/mol. The van der Waals surface area contributed by atoms with Crippen LogP contribution in [0.3, 0.4) is 0 Å². The summed E-state index contributed by atoms with van der Waals surface area (Å²) in [5.41, 5.74) is 0.288. The minimum Gasteiger partial charge on any atom is -0.371 e. The van der Waals surface area contributed by atoms with Gasteiger partial charge in [-0.05, 0) is 12.8 Å². The Hall–Kier alpha value is -1.26. The third-order valence-corrected chi connectivity index (χ3v) is 2.63. The van der Waals surface area contributed by atoms with Crippen LogP contribution in [0.5, 0.6) is 0 Å². The van der Waals surface area contributed by atoms with E-state index in [9.17, 15) is 18.0 Å². The second kappa shape index (κ2) is 5.38. The molecule has 0 atom stereocenters. The van der Waals surface area contributed by atoms with Crippen molar-refractivity contribution < 1.29 is 18.0 Å². The van der Waals surface area contributed by atoms with Gasteiger partial charge in [0, 0.05) is 24.4 Å². The normalized spacial score (nSPS) is 16.6. The van der Waals surface area contributed by atoms with E-state index in [4.69, 9.17) is 0 Å². The van der Waals surface area contributed by atoms with Gasteiger partial charge in [0.2, 0.25) is 0 Å². The summed E-state index contributed by atoms with van der Waals surface area (Å²) < 4.78 is 37.3. The molecule has 2 nitrogen and oxygen atoms in total. The van der Waals surface area contributed by atoms with Gasteiger partial charge >= 0.3 is 6.18 Å². The Morgan fingerprint density at radius 2 is 2.06 bits per heavy atom. The van der Waals surface area contributed by atoms with E-state index in [0.717, 1.165) is 6.42 Å². The highest BCUT2D eigenvalue weighted by atomic mass is 19.4. The Bertz CT molecular complexity index is 355. The number of Topliss-reactive ketones (excluding diaryl/α,β-unsaturated/α-hetero) is 1. The first-order valence-corrected chi connectivity index (χ1v) is 5.68. The lowest BCUT2D eigenvalue weighted by Gasteiger charge is -2.30. The number of alkyl halides is 3. The molecular weight excluding hydrogens is 231 g/mol. The number of carbonyl (C=O) groups excluding carboxylic acids is 1. The molecule has 1 aliphatic heterocycles. The number of nitrogens with zero attached hydrogens (tertiary/aromatic N) is 1. The summed E-state index contributed by atoms with van der Waals surface area (Å²) in [6.07, 6.45) is -0.629. The van der Waals surface area contributed by atoms with E-state index in [1.807, 2.05) is 11.8 Å².